The normalized spacial score (nSPS) is 16.5. The molecule has 0 aliphatic rings. The Morgan fingerprint density at radius 2 is 1.89 bits per heavy atom. The first-order chi connectivity index (χ1) is 8.76. The lowest BCUT2D eigenvalue weighted by Gasteiger charge is -2.36. The quantitative estimate of drug-likeness (QED) is 0.518. The highest BCUT2D eigenvalue weighted by molar-refractivity contribution is 5.79. The first-order valence-corrected chi connectivity index (χ1v) is 7.39. The Morgan fingerprint density at radius 1 is 1.32 bits per heavy atom. The van der Waals surface area contributed by atoms with Gasteiger partial charge in [0.05, 0.1) is 7.11 Å². The van der Waals surface area contributed by atoms with Gasteiger partial charge in [0.25, 0.3) is 0 Å². The average Bonchev–Trinajstić information content (AvgIpc) is 2.32. The van der Waals surface area contributed by atoms with Gasteiger partial charge in [-0.1, -0.05) is 19.8 Å². The lowest BCUT2D eigenvalue weighted by atomic mass is 9.93. The highest BCUT2D eigenvalue weighted by atomic mass is 16.5. The molecule has 4 nitrogen and oxygen atoms in total. The maximum atomic E-state index is 11.7. The van der Waals surface area contributed by atoms with Crippen LogP contribution < -0.4 is 5.73 Å². The molecule has 114 valence electrons. The zero-order valence-corrected chi connectivity index (χ0v) is 13.5. The molecule has 4 heteroatoms. The molecule has 0 spiro atoms. The van der Waals surface area contributed by atoms with Crippen molar-refractivity contribution in [1.82, 2.24) is 4.90 Å². The predicted octanol–water partition coefficient (Wildman–Crippen LogP) is 2.56. The number of rotatable bonds is 9. The van der Waals surface area contributed by atoms with Crippen molar-refractivity contribution in [3.63, 3.8) is 0 Å². The SMILES string of the molecule is CCCCCN(C(C)C)C(C)CC(C)(N)C(=O)OC. The third-order valence-electron chi connectivity index (χ3n) is 3.62. The molecule has 0 rings (SSSR count). The second-order valence-electron chi connectivity index (χ2n) is 6.00. The fourth-order valence-corrected chi connectivity index (χ4v) is 2.58. The minimum absolute atomic E-state index is 0.269. The number of nitrogens with zero attached hydrogens (tertiary/aromatic N) is 1. The van der Waals surface area contributed by atoms with Crippen molar-refractivity contribution in [3.8, 4) is 0 Å². The number of hydrogen-bond acceptors (Lipinski definition) is 4. The average molecular weight is 272 g/mol. The molecule has 0 aromatic heterocycles. The molecule has 0 aromatic rings. The standard InChI is InChI=1S/C15H32N2O2/c1-7-8-9-10-17(12(2)3)13(4)11-15(5,16)14(18)19-6/h12-13H,7-11,16H2,1-6H3. The van der Waals surface area contributed by atoms with Crippen LogP contribution in [0.4, 0.5) is 0 Å². The highest BCUT2D eigenvalue weighted by Gasteiger charge is 2.33. The van der Waals surface area contributed by atoms with Crippen LogP contribution in [0.25, 0.3) is 0 Å². The molecule has 0 heterocycles. The number of nitrogens with two attached hydrogens (primary N) is 1. The summed E-state index contributed by atoms with van der Waals surface area (Å²) in [6, 6.07) is 0.728. The molecule has 0 radical (unpaired) electrons. The van der Waals surface area contributed by atoms with Crippen LogP contribution in [0.5, 0.6) is 0 Å². The van der Waals surface area contributed by atoms with Gasteiger partial charge in [-0.25, -0.2) is 0 Å². The van der Waals surface area contributed by atoms with E-state index in [1.165, 1.54) is 26.4 Å². The van der Waals surface area contributed by atoms with E-state index in [0.717, 1.165) is 6.54 Å². The van der Waals surface area contributed by atoms with E-state index in [0.29, 0.717) is 12.5 Å². The molecule has 0 saturated carbocycles. The second kappa shape index (κ2) is 8.54. The van der Waals surface area contributed by atoms with Gasteiger partial charge in [-0.2, -0.15) is 0 Å². The summed E-state index contributed by atoms with van der Waals surface area (Å²) in [5, 5.41) is 0. The lowest BCUT2D eigenvalue weighted by Crippen LogP contribution is -2.52. The number of carbonyl (C=O) groups is 1. The van der Waals surface area contributed by atoms with Crippen molar-refractivity contribution >= 4 is 5.97 Å². The monoisotopic (exact) mass is 272 g/mol. The summed E-state index contributed by atoms with van der Waals surface area (Å²) in [6.07, 6.45) is 4.27. The summed E-state index contributed by atoms with van der Waals surface area (Å²) in [4.78, 5) is 14.1. The van der Waals surface area contributed by atoms with Gasteiger partial charge in [0.1, 0.15) is 5.54 Å². The van der Waals surface area contributed by atoms with Crippen molar-refractivity contribution in [2.24, 2.45) is 5.73 Å². The van der Waals surface area contributed by atoms with Gasteiger partial charge >= 0.3 is 5.97 Å². The summed E-state index contributed by atoms with van der Waals surface area (Å²) in [5.74, 6) is -0.336. The first kappa shape index (κ1) is 18.4. The van der Waals surface area contributed by atoms with E-state index in [2.05, 4.69) is 32.6 Å². The maximum Gasteiger partial charge on any atom is 0.325 e. The van der Waals surface area contributed by atoms with E-state index >= 15 is 0 Å². The molecule has 0 bridgehead atoms. The number of hydrogen-bond donors (Lipinski definition) is 1. The van der Waals surface area contributed by atoms with E-state index in [1.54, 1.807) is 6.92 Å². The molecule has 0 aliphatic carbocycles. The Labute approximate surface area is 118 Å². The van der Waals surface area contributed by atoms with Crippen LogP contribution in [0.3, 0.4) is 0 Å². The molecule has 19 heavy (non-hydrogen) atoms. The number of unbranched alkanes of at least 4 members (excludes halogenated alkanes) is 2. The smallest absolute Gasteiger partial charge is 0.325 e. The molecule has 0 amide bonds. The predicted molar refractivity (Wildman–Crippen MR) is 80.1 cm³/mol. The summed E-state index contributed by atoms with van der Waals surface area (Å²) in [7, 11) is 1.39. The summed E-state index contributed by atoms with van der Waals surface area (Å²) in [5.41, 5.74) is 5.15. The van der Waals surface area contributed by atoms with E-state index in [-0.39, 0.29) is 12.0 Å². The van der Waals surface area contributed by atoms with Crippen LogP contribution in [0.15, 0.2) is 0 Å². The van der Waals surface area contributed by atoms with E-state index in [4.69, 9.17) is 10.5 Å². The number of methoxy groups -OCH3 is 1. The molecular weight excluding hydrogens is 240 g/mol. The number of ether oxygens (including phenoxy) is 1. The third-order valence-corrected chi connectivity index (χ3v) is 3.62. The Balaban J connectivity index is 4.55. The Morgan fingerprint density at radius 3 is 2.32 bits per heavy atom. The van der Waals surface area contributed by atoms with Crippen LogP contribution >= 0.6 is 0 Å². The molecular formula is C15H32N2O2. The fraction of sp³-hybridized carbons (Fsp3) is 0.933. The van der Waals surface area contributed by atoms with Gasteiger partial charge in [-0.3, -0.25) is 9.69 Å². The Hall–Kier alpha value is -0.610. The minimum Gasteiger partial charge on any atom is -0.468 e. The topological polar surface area (TPSA) is 55.6 Å². The summed E-state index contributed by atoms with van der Waals surface area (Å²) < 4.78 is 4.77. The Kier molecular flexibility index (Phi) is 8.26. The van der Waals surface area contributed by atoms with E-state index in [9.17, 15) is 4.79 Å². The van der Waals surface area contributed by atoms with Crippen molar-refractivity contribution < 1.29 is 9.53 Å². The minimum atomic E-state index is -0.911. The zero-order chi connectivity index (χ0) is 15.1. The third kappa shape index (κ3) is 6.39. The largest absolute Gasteiger partial charge is 0.468 e. The molecule has 2 atom stereocenters. The molecule has 2 unspecified atom stereocenters. The number of carbonyl (C=O) groups excluding carboxylic acids is 1. The fourth-order valence-electron chi connectivity index (χ4n) is 2.58. The maximum absolute atomic E-state index is 11.7. The molecule has 0 fully saturated rings. The van der Waals surface area contributed by atoms with Crippen LogP contribution in [-0.4, -0.2) is 42.1 Å². The number of esters is 1. The molecule has 0 aromatic carbocycles. The van der Waals surface area contributed by atoms with Gasteiger partial charge in [0, 0.05) is 12.1 Å². The Bertz CT molecular complexity index is 265. The van der Waals surface area contributed by atoms with Crippen molar-refractivity contribution in [1.29, 1.82) is 0 Å². The molecule has 0 aliphatic heterocycles. The summed E-state index contributed by atoms with van der Waals surface area (Å²) in [6.45, 7) is 11.5. The van der Waals surface area contributed by atoms with Gasteiger partial charge < -0.3 is 10.5 Å². The summed E-state index contributed by atoms with van der Waals surface area (Å²) >= 11 is 0. The molecule has 2 N–H and O–H groups in total. The highest BCUT2D eigenvalue weighted by Crippen LogP contribution is 2.18. The van der Waals surface area contributed by atoms with Crippen LogP contribution in [-0.2, 0) is 9.53 Å². The molecule has 0 saturated heterocycles. The first-order valence-electron chi connectivity index (χ1n) is 7.39. The van der Waals surface area contributed by atoms with Gasteiger partial charge in [-0.15, -0.1) is 0 Å². The van der Waals surface area contributed by atoms with Crippen LogP contribution in [0.2, 0.25) is 0 Å². The van der Waals surface area contributed by atoms with Gasteiger partial charge in [-0.05, 0) is 47.1 Å². The van der Waals surface area contributed by atoms with Crippen molar-refractivity contribution in [2.45, 2.75) is 77.9 Å². The van der Waals surface area contributed by atoms with E-state index in [1.807, 2.05) is 0 Å². The van der Waals surface area contributed by atoms with Gasteiger partial charge in [0.15, 0.2) is 0 Å². The van der Waals surface area contributed by atoms with Crippen LogP contribution in [0, 0.1) is 0 Å². The van der Waals surface area contributed by atoms with Crippen LogP contribution in [0.1, 0.15) is 60.3 Å². The van der Waals surface area contributed by atoms with Crippen molar-refractivity contribution in [2.75, 3.05) is 13.7 Å². The van der Waals surface area contributed by atoms with E-state index < -0.39 is 5.54 Å². The lowest BCUT2D eigenvalue weighted by molar-refractivity contribution is -0.147. The van der Waals surface area contributed by atoms with Gasteiger partial charge in [0.2, 0.25) is 0 Å². The second-order valence-corrected chi connectivity index (χ2v) is 6.00. The van der Waals surface area contributed by atoms with Crippen molar-refractivity contribution in [3.05, 3.63) is 0 Å². The zero-order valence-electron chi connectivity index (χ0n) is 13.5.